The largest absolute Gasteiger partial charge is 0.360 e. The lowest BCUT2D eigenvalue weighted by atomic mass is 10.2. The number of unbranched alkanes of at least 4 members (excludes halogenated alkanes) is 1. The highest BCUT2D eigenvalue weighted by Crippen LogP contribution is 2.27. The SMILES string of the molecule is O=C(NCCCCNCCSc1c[nH]c2ccccc12)c1ccccc1S(=O)(=O)O. The standard InChI is InChI=1S/C21H25N3O4S2/c25-21(17-8-2-4-10-20(17)30(26,27)28)23-12-6-5-11-22-13-14-29-19-15-24-18-9-3-1-7-16(18)19/h1-4,7-10,15,22,24H,5-6,11-14H2,(H,23,25)(H,26,27,28). The Kier molecular flexibility index (Phi) is 7.92. The number of H-pyrrole nitrogens is 1. The summed E-state index contributed by atoms with van der Waals surface area (Å²) in [7, 11) is -4.43. The number of nitrogens with one attached hydrogen (secondary N) is 3. The number of benzene rings is 2. The van der Waals surface area contributed by atoms with Crippen LogP contribution in [0.3, 0.4) is 0 Å². The molecule has 0 spiro atoms. The van der Waals surface area contributed by atoms with Crippen LogP contribution in [0.4, 0.5) is 0 Å². The number of thioether (sulfide) groups is 1. The van der Waals surface area contributed by atoms with Crippen LogP contribution in [0.25, 0.3) is 10.9 Å². The Labute approximate surface area is 180 Å². The Bertz CT molecular complexity index is 1100. The molecule has 0 aliphatic rings. The van der Waals surface area contributed by atoms with Crippen molar-refractivity contribution in [1.29, 1.82) is 0 Å². The van der Waals surface area contributed by atoms with E-state index >= 15 is 0 Å². The van der Waals surface area contributed by atoms with Gasteiger partial charge in [0.1, 0.15) is 4.90 Å². The first-order valence-corrected chi connectivity index (χ1v) is 12.1. The van der Waals surface area contributed by atoms with Gasteiger partial charge >= 0.3 is 0 Å². The van der Waals surface area contributed by atoms with Gasteiger partial charge in [0.05, 0.1) is 5.56 Å². The summed E-state index contributed by atoms with van der Waals surface area (Å²) in [6, 6.07) is 13.9. The van der Waals surface area contributed by atoms with Crippen LogP contribution in [0.15, 0.2) is 64.5 Å². The van der Waals surface area contributed by atoms with Gasteiger partial charge in [-0.3, -0.25) is 9.35 Å². The van der Waals surface area contributed by atoms with Crippen molar-refractivity contribution in [3.05, 3.63) is 60.3 Å². The number of para-hydroxylation sites is 1. The molecule has 0 radical (unpaired) electrons. The zero-order valence-corrected chi connectivity index (χ0v) is 18.1. The second-order valence-corrected chi connectivity index (χ2v) is 9.26. The lowest BCUT2D eigenvalue weighted by molar-refractivity contribution is 0.0949. The number of hydrogen-bond acceptors (Lipinski definition) is 5. The Balaban J connectivity index is 1.29. The van der Waals surface area contributed by atoms with Crippen molar-refractivity contribution in [1.82, 2.24) is 15.6 Å². The summed E-state index contributed by atoms with van der Waals surface area (Å²) >= 11 is 1.81. The van der Waals surface area contributed by atoms with E-state index in [4.69, 9.17) is 0 Å². The van der Waals surface area contributed by atoms with Crippen molar-refractivity contribution in [2.24, 2.45) is 0 Å². The third kappa shape index (κ3) is 6.09. The highest BCUT2D eigenvalue weighted by Gasteiger charge is 2.19. The van der Waals surface area contributed by atoms with Crippen LogP contribution in [0.2, 0.25) is 0 Å². The molecule has 0 atom stereocenters. The molecule has 3 aromatic rings. The first-order valence-electron chi connectivity index (χ1n) is 9.71. The molecule has 0 saturated carbocycles. The number of rotatable bonds is 11. The smallest absolute Gasteiger partial charge is 0.295 e. The Morgan fingerprint density at radius 2 is 1.73 bits per heavy atom. The minimum absolute atomic E-state index is 0.0487. The highest BCUT2D eigenvalue weighted by atomic mass is 32.2. The first kappa shape index (κ1) is 22.4. The van der Waals surface area contributed by atoms with E-state index in [1.165, 1.54) is 28.5 Å². The van der Waals surface area contributed by atoms with Crippen LogP contribution in [-0.2, 0) is 10.1 Å². The number of fused-ring (bicyclic) bond motifs is 1. The van der Waals surface area contributed by atoms with E-state index in [-0.39, 0.29) is 10.5 Å². The fourth-order valence-electron chi connectivity index (χ4n) is 3.07. The monoisotopic (exact) mass is 447 g/mol. The zero-order valence-electron chi connectivity index (χ0n) is 16.4. The molecule has 2 aromatic carbocycles. The van der Waals surface area contributed by atoms with Gasteiger partial charge in [-0.05, 0) is 37.6 Å². The van der Waals surface area contributed by atoms with Crippen molar-refractivity contribution < 1.29 is 17.8 Å². The molecule has 0 bridgehead atoms. The maximum absolute atomic E-state index is 12.2. The van der Waals surface area contributed by atoms with Crippen molar-refractivity contribution in [3.8, 4) is 0 Å². The van der Waals surface area contributed by atoms with Gasteiger partial charge in [0, 0.05) is 40.8 Å². The summed E-state index contributed by atoms with van der Waals surface area (Å²) < 4.78 is 32.0. The minimum Gasteiger partial charge on any atom is -0.360 e. The Morgan fingerprint density at radius 1 is 1.00 bits per heavy atom. The van der Waals surface area contributed by atoms with Gasteiger partial charge in [-0.15, -0.1) is 11.8 Å². The molecule has 0 aliphatic heterocycles. The molecule has 0 aliphatic carbocycles. The third-order valence-electron chi connectivity index (χ3n) is 4.56. The molecule has 4 N–H and O–H groups in total. The van der Waals surface area contributed by atoms with Crippen LogP contribution in [0.1, 0.15) is 23.2 Å². The van der Waals surface area contributed by atoms with Crippen molar-refractivity contribution in [2.75, 3.05) is 25.4 Å². The molecule has 0 saturated heterocycles. The molecule has 30 heavy (non-hydrogen) atoms. The summed E-state index contributed by atoms with van der Waals surface area (Å²) in [4.78, 5) is 16.3. The molecular weight excluding hydrogens is 422 g/mol. The molecule has 0 unspecified atom stereocenters. The van der Waals surface area contributed by atoms with Crippen molar-refractivity contribution in [3.63, 3.8) is 0 Å². The number of aromatic amines is 1. The summed E-state index contributed by atoms with van der Waals surface area (Å²) in [5.74, 6) is 0.455. The Morgan fingerprint density at radius 3 is 2.57 bits per heavy atom. The second kappa shape index (κ2) is 10.6. The van der Waals surface area contributed by atoms with Gasteiger partial charge in [0.15, 0.2) is 0 Å². The van der Waals surface area contributed by atoms with E-state index in [2.05, 4.69) is 27.8 Å². The topological polar surface area (TPSA) is 111 Å². The molecule has 1 heterocycles. The highest BCUT2D eigenvalue weighted by molar-refractivity contribution is 7.99. The first-order chi connectivity index (χ1) is 14.5. The van der Waals surface area contributed by atoms with Crippen LogP contribution in [0, 0.1) is 0 Å². The summed E-state index contributed by atoms with van der Waals surface area (Å²) in [5, 5.41) is 7.33. The third-order valence-corrected chi connectivity index (χ3v) is 6.53. The normalized spacial score (nSPS) is 11.6. The van der Waals surface area contributed by atoms with Gasteiger partial charge in [-0.1, -0.05) is 30.3 Å². The van der Waals surface area contributed by atoms with Crippen LogP contribution >= 0.6 is 11.8 Å². The summed E-state index contributed by atoms with van der Waals surface area (Å²) in [6.45, 7) is 2.16. The molecule has 1 aromatic heterocycles. The quantitative estimate of drug-likeness (QED) is 0.204. The number of carbonyl (C=O) groups excluding carboxylic acids is 1. The molecule has 0 fully saturated rings. The van der Waals surface area contributed by atoms with E-state index in [9.17, 15) is 17.8 Å². The molecule has 9 heteroatoms. The van der Waals surface area contributed by atoms with E-state index in [1.807, 2.05) is 30.1 Å². The summed E-state index contributed by atoms with van der Waals surface area (Å²) in [5.41, 5.74) is 1.10. The molecule has 7 nitrogen and oxygen atoms in total. The van der Waals surface area contributed by atoms with E-state index in [0.29, 0.717) is 6.54 Å². The molecule has 3 rings (SSSR count). The molecule has 160 valence electrons. The number of aromatic nitrogens is 1. The lowest BCUT2D eigenvalue weighted by Crippen LogP contribution is -2.27. The Hall–Kier alpha value is -2.33. The van der Waals surface area contributed by atoms with Gasteiger partial charge < -0.3 is 15.6 Å². The molecule has 1 amide bonds. The van der Waals surface area contributed by atoms with E-state index in [0.717, 1.165) is 37.2 Å². The number of amides is 1. The van der Waals surface area contributed by atoms with E-state index < -0.39 is 16.0 Å². The fraction of sp³-hybridized carbons (Fsp3) is 0.286. The van der Waals surface area contributed by atoms with Crippen molar-refractivity contribution in [2.45, 2.75) is 22.6 Å². The van der Waals surface area contributed by atoms with Gasteiger partial charge in [-0.2, -0.15) is 8.42 Å². The van der Waals surface area contributed by atoms with Gasteiger partial charge in [0.25, 0.3) is 16.0 Å². The predicted octanol–water partition coefficient (Wildman–Crippen LogP) is 3.31. The zero-order chi connectivity index (χ0) is 21.4. The number of carbonyl (C=O) groups is 1. The molecular formula is C21H25N3O4S2. The van der Waals surface area contributed by atoms with Gasteiger partial charge in [0.2, 0.25) is 0 Å². The predicted molar refractivity (Wildman–Crippen MR) is 120 cm³/mol. The van der Waals surface area contributed by atoms with Crippen LogP contribution < -0.4 is 10.6 Å². The van der Waals surface area contributed by atoms with Gasteiger partial charge in [-0.25, -0.2) is 0 Å². The lowest BCUT2D eigenvalue weighted by Gasteiger charge is -2.08. The minimum atomic E-state index is -4.43. The second-order valence-electron chi connectivity index (χ2n) is 6.73. The van der Waals surface area contributed by atoms with Crippen molar-refractivity contribution >= 4 is 38.7 Å². The summed E-state index contributed by atoms with van der Waals surface area (Å²) in [6.07, 6.45) is 3.69. The average Bonchev–Trinajstić information content (AvgIpc) is 3.15. The van der Waals surface area contributed by atoms with Crippen LogP contribution in [0.5, 0.6) is 0 Å². The number of hydrogen-bond donors (Lipinski definition) is 4. The maximum Gasteiger partial charge on any atom is 0.295 e. The van der Waals surface area contributed by atoms with E-state index in [1.54, 1.807) is 6.07 Å². The van der Waals surface area contributed by atoms with Crippen LogP contribution in [-0.4, -0.2) is 49.2 Å². The maximum atomic E-state index is 12.2. The average molecular weight is 448 g/mol. The fourth-order valence-corrected chi connectivity index (χ4v) is 4.71.